The summed E-state index contributed by atoms with van der Waals surface area (Å²) in [6.45, 7) is 3.77. The third kappa shape index (κ3) is 3.84. The zero-order valence-corrected chi connectivity index (χ0v) is 13.5. The predicted octanol–water partition coefficient (Wildman–Crippen LogP) is 3.03. The minimum absolute atomic E-state index is 0.232. The van der Waals surface area contributed by atoms with E-state index in [2.05, 4.69) is 4.90 Å². The van der Waals surface area contributed by atoms with Gasteiger partial charge >= 0.3 is 5.97 Å². The largest absolute Gasteiger partial charge is 0.497 e. The van der Waals surface area contributed by atoms with Gasteiger partial charge in [-0.1, -0.05) is 6.92 Å². The lowest BCUT2D eigenvalue weighted by molar-refractivity contribution is -0.142. The summed E-state index contributed by atoms with van der Waals surface area (Å²) >= 11 is 0. The van der Waals surface area contributed by atoms with Crippen LogP contribution in [-0.2, 0) is 4.79 Å². The standard InChI is InChI=1S/C17H25NO4/c1-4-13(17(19)20)7-12-5-6-18(11-12)14-8-15(21-2)10-16(9-14)22-3/h8-10,12-13H,4-7,11H2,1-3H3,(H,19,20). The van der Waals surface area contributed by atoms with Crippen LogP contribution < -0.4 is 14.4 Å². The maximum Gasteiger partial charge on any atom is 0.306 e. The van der Waals surface area contributed by atoms with Crippen LogP contribution in [0.2, 0.25) is 0 Å². The van der Waals surface area contributed by atoms with Gasteiger partial charge in [-0.2, -0.15) is 0 Å². The number of carboxylic acids is 1. The molecule has 0 spiro atoms. The molecule has 1 fully saturated rings. The van der Waals surface area contributed by atoms with Crippen LogP contribution in [0.25, 0.3) is 0 Å². The summed E-state index contributed by atoms with van der Waals surface area (Å²) in [5, 5.41) is 9.21. The van der Waals surface area contributed by atoms with Crippen LogP contribution in [0, 0.1) is 11.8 Å². The van der Waals surface area contributed by atoms with Crippen molar-refractivity contribution in [3.8, 4) is 11.5 Å². The smallest absolute Gasteiger partial charge is 0.306 e. The van der Waals surface area contributed by atoms with E-state index in [1.807, 2.05) is 25.1 Å². The number of ether oxygens (including phenoxy) is 2. The molecule has 0 radical (unpaired) electrons. The molecule has 5 heteroatoms. The maximum absolute atomic E-state index is 11.2. The second-order valence-electron chi connectivity index (χ2n) is 5.85. The molecule has 1 aromatic rings. The molecule has 22 heavy (non-hydrogen) atoms. The topological polar surface area (TPSA) is 59.0 Å². The molecule has 0 aromatic heterocycles. The van der Waals surface area contributed by atoms with Crippen LogP contribution in [0.1, 0.15) is 26.2 Å². The SMILES string of the molecule is CCC(CC1CCN(c2cc(OC)cc(OC)c2)C1)C(=O)O. The highest BCUT2D eigenvalue weighted by molar-refractivity contribution is 5.69. The number of hydrogen-bond acceptors (Lipinski definition) is 4. The number of rotatable bonds is 7. The molecular formula is C17H25NO4. The summed E-state index contributed by atoms with van der Waals surface area (Å²) in [5.74, 6) is 1.07. The van der Waals surface area contributed by atoms with Crippen molar-refractivity contribution in [2.24, 2.45) is 11.8 Å². The van der Waals surface area contributed by atoms with Crippen molar-refractivity contribution in [1.29, 1.82) is 0 Å². The van der Waals surface area contributed by atoms with Crippen LogP contribution in [0.5, 0.6) is 11.5 Å². The molecule has 1 N–H and O–H groups in total. The van der Waals surface area contributed by atoms with Crippen molar-refractivity contribution in [3.63, 3.8) is 0 Å². The fraction of sp³-hybridized carbons (Fsp3) is 0.588. The monoisotopic (exact) mass is 307 g/mol. The first-order valence-corrected chi connectivity index (χ1v) is 7.78. The molecule has 0 bridgehead atoms. The van der Waals surface area contributed by atoms with Gasteiger partial charge in [-0.25, -0.2) is 0 Å². The second kappa shape index (κ2) is 7.38. The number of anilines is 1. The predicted molar refractivity (Wildman–Crippen MR) is 85.9 cm³/mol. The summed E-state index contributed by atoms with van der Waals surface area (Å²) in [6, 6.07) is 5.85. The van der Waals surface area contributed by atoms with E-state index >= 15 is 0 Å². The van der Waals surface area contributed by atoms with E-state index < -0.39 is 5.97 Å². The first kappa shape index (κ1) is 16.5. The Labute approximate surface area is 131 Å². The molecule has 1 aliphatic heterocycles. The number of carboxylic acid groups (broad SMARTS) is 1. The van der Waals surface area contributed by atoms with Gasteiger partial charge in [0.15, 0.2) is 0 Å². The van der Waals surface area contributed by atoms with Crippen molar-refractivity contribution >= 4 is 11.7 Å². The molecule has 0 saturated carbocycles. The van der Waals surface area contributed by atoms with E-state index in [1.54, 1.807) is 14.2 Å². The number of nitrogens with zero attached hydrogens (tertiary/aromatic N) is 1. The van der Waals surface area contributed by atoms with E-state index in [-0.39, 0.29) is 5.92 Å². The van der Waals surface area contributed by atoms with Gasteiger partial charge in [0, 0.05) is 37.0 Å². The molecule has 122 valence electrons. The van der Waals surface area contributed by atoms with Crippen LogP contribution in [0.3, 0.4) is 0 Å². The Kier molecular flexibility index (Phi) is 5.52. The van der Waals surface area contributed by atoms with E-state index in [1.165, 1.54) is 0 Å². The van der Waals surface area contributed by atoms with Crippen LogP contribution in [0.4, 0.5) is 5.69 Å². The fourth-order valence-corrected chi connectivity index (χ4v) is 3.08. The Morgan fingerprint density at radius 2 is 1.95 bits per heavy atom. The first-order valence-electron chi connectivity index (χ1n) is 7.78. The van der Waals surface area contributed by atoms with Crippen molar-refractivity contribution in [2.45, 2.75) is 26.2 Å². The van der Waals surface area contributed by atoms with Gasteiger partial charge in [-0.3, -0.25) is 4.79 Å². The fourth-order valence-electron chi connectivity index (χ4n) is 3.08. The van der Waals surface area contributed by atoms with E-state index in [0.717, 1.165) is 43.1 Å². The average molecular weight is 307 g/mol. The molecule has 2 unspecified atom stereocenters. The quantitative estimate of drug-likeness (QED) is 0.839. The van der Waals surface area contributed by atoms with Crippen molar-refractivity contribution in [3.05, 3.63) is 18.2 Å². The highest BCUT2D eigenvalue weighted by Crippen LogP contribution is 2.33. The zero-order valence-electron chi connectivity index (χ0n) is 13.5. The van der Waals surface area contributed by atoms with Gasteiger partial charge in [-0.05, 0) is 25.2 Å². The Morgan fingerprint density at radius 1 is 1.32 bits per heavy atom. The normalized spacial score (nSPS) is 19.0. The van der Waals surface area contributed by atoms with Gasteiger partial charge < -0.3 is 19.5 Å². The number of aliphatic carboxylic acids is 1. The third-order valence-corrected chi connectivity index (χ3v) is 4.45. The number of benzene rings is 1. The van der Waals surface area contributed by atoms with Crippen molar-refractivity contribution < 1.29 is 19.4 Å². The van der Waals surface area contributed by atoms with Gasteiger partial charge in [0.2, 0.25) is 0 Å². The summed E-state index contributed by atoms with van der Waals surface area (Å²) in [5.41, 5.74) is 1.07. The third-order valence-electron chi connectivity index (χ3n) is 4.45. The van der Waals surface area contributed by atoms with Gasteiger partial charge in [0.25, 0.3) is 0 Å². The Balaban J connectivity index is 2.05. The van der Waals surface area contributed by atoms with E-state index in [0.29, 0.717) is 12.3 Å². The number of carbonyl (C=O) groups is 1. The van der Waals surface area contributed by atoms with E-state index in [4.69, 9.17) is 9.47 Å². The van der Waals surface area contributed by atoms with Crippen molar-refractivity contribution in [2.75, 3.05) is 32.2 Å². The number of hydrogen-bond donors (Lipinski definition) is 1. The summed E-state index contributed by atoms with van der Waals surface area (Å²) in [7, 11) is 3.29. The lowest BCUT2D eigenvalue weighted by Crippen LogP contribution is -2.22. The Morgan fingerprint density at radius 3 is 2.45 bits per heavy atom. The van der Waals surface area contributed by atoms with Crippen LogP contribution >= 0.6 is 0 Å². The summed E-state index contributed by atoms with van der Waals surface area (Å²) in [4.78, 5) is 13.5. The minimum Gasteiger partial charge on any atom is -0.497 e. The summed E-state index contributed by atoms with van der Waals surface area (Å²) in [6.07, 6.45) is 2.48. The average Bonchev–Trinajstić information content (AvgIpc) is 3.00. The highest BCUT2D eigenvalue weighted by atomic mass is 16.5. The van der Waals surface area contributed by atoms with E-state index in [9.17, 15) is 9.90 Å². The number of methoxy groups -OCH3 is 2. The molecule has 1 heterocycles. The van der Waals surface area contributed by atoms with Gasteiger partial charge in [0.05, 0.1) is 20.1 Å². The Bertz CT molecular complexity index is 495. The lowest BCUT2D eigenvalue weighted by Gasteiger charge is -2.21. The van der Waals surface area contributed by atoms with Crippen LogP contribution in [-0.4, -0.2) is 38.4 Å². The molecule has 5 nitrogen and oxygen atoms in total. The minimum atomic E-state index is -0.677. The van der Waals surface area contributed by atoms with Gasteiger partial charge in [0.1, 0.15) is 11.5 Å². The molecule has 0 amide bonds. The van der Waals surface area contributed by atoms with Gasteiger partial charge in [-0.15, -0.1) is 0 Å². The maximum atomic E-state index is 11.2. The molecule has 1 aromatic carbocycles. The highest BCUT2D eigenvalue weighted by Gasteiger charge is 2.28. The molecule has 0 aliphatic carbocycles. The van der Waals surface area contributed by atoms with Crippen molar-refractivity contribution in [1.82, 2.24) is 0 Å². The first-order chi connectivity index (χ1) is 10.6. The molecule has 1 aliphatic rings. The summed E-state index contributed by atoms with van der Waals surface area (Å²) < 4.78 is 10.6. The molecule has 2 rings (SSSR count). The zero-order chi connectivity index (χ0) is 16.1. The lowest BCUT2D eigenvalue weighted by atomic mass is 9.92. The molecule has 1 saturated heterocycles. The molecule has 2 atom stereocenters. The second-order valence-corrected chi connectivity index (χ2v) is 5.85. The Hall–Kier alpha value is -1.91. The van der Waals surface area contributed by atoms with Crippen LogP contribution in [0.15, 0.2) is 18.2 Å². The molecular weight excluding hydrogens is 282 g/mol.